The molecule has 0 aliphatic heterocycles. The first-order valence-corrected chi connectivity index (χ1v) is 3.94. The van der Waals surface area contributed by atoms with E-state index in [-0.39, 0.29) is 6.15 Å². The molecule has 0 unspecified atom stereocenters. The first kappa shape index (κ1) is 11.0. The monoisotopic (exact) mass is 167 g/mol. The number of aromatic hydroxyl groups is 1. The highest BCUT2D eigenvalue weighted by Gasteiger charge is 2.00. The largest absolute Gasteiger partial charge is 0.507 e. The van der Waals surface area contributed by atoms with E-state index in [2.05, 4.69) is 6.92 Å². The summed E-state index contributed by atoms with van der Waals surface area (Å²) in [7, 11) is 0. The second-order valence-electron chi connectivity index (χ2n) is 2.93. The molecule has 2 nitrogen and oxygen atoms in total. The van der Waals surface area contributed by atoms with Gasteiger partial charge in [0.15, 0.2) is 0 Å². The Morgan fingerprint density at radius 2 is 1.58 bits per heavy atom. The van der Waals surface area contributed by atoms with Gasteiger partial charge >= 0.3 is 0 Å². The zero-order chi connectivity index (χ0) is 8.43. The summed E-state index contributed by atoms with van der Waals surface area (Å²) in [5.74, 6) is 0.433. The van der Waals surface area contributed by atoms with Gasteiger partial charge in [-0.05, 0) is 37.0 Å². The van der Waals surface area contributed by atoms with Gasteiger partial charge in [0.2, 0.25) is 0 Å². The van der Waals surface area contributed by atoms with Crippen molar-refractivity contribution in [2.75, 3.05) is 0 Å². The fourth-order valence-electron chi connectivity index (χ4n) is 1.25. The van der Waals surface area contributed by atoms with Crippen LogP contribution in [-0.2, 0) is 6.42 Å². The molecule has 2 heteroatoms. The predicted octanol–water partition coefficient (Wildman–Crippen LogP) is 2.73. The number of hydrogen-bond donors (Lipinski definition) is 2. The normalized spacial score (nSPS) is 9.25. The standard InChI is InChI=1S/C10H14O.H3N/c1-4-9-5-7(2)10(11)8(3)6-9;/h5-6,11H,4H2,1-3H3;1H3. The van der Waals surface area contributed by atoms with E-state index in [1.807, 2.05) is 26.0 Å². The highest BCUT2D eigenvalue weighted by atomic mass is 16.3. The average molecular weight is 167 g/mol. The number of phenolic OH excluding ortho intramolecular Hbond substituents is 1. The summed E-state index contributed by atoms with van der Waals surface area (Å²) >= 11 is 0. The van der Waals surface area contributed by atoms with Crippen LogP contribution in [0.1, 0.15) is 23.6 Å². The minimum atomic E-state index is 0. The van der Waals surface area contributed by atoms with Gasteiger partial charge in [0, 0.05) is 0 Å². The third kappa shape index (κ3) is 1.98. The molecule has 68 valence electrons. The summed E-state index contributed by atoms with van der Waals surface area (Å²) in [6, 6.07) is 4.06. The van der Waals surface area contributed by atoms with Gasteiger partial charge in [-0.15, -0.1) is 0 Å². The van der Waals surface area contributed by atoms with E-state index >= 15 is 0 Å². The molecular formula is C10H17NO. The fraction of sp³-hybridized carbons (Fsp3) is 0.400. The van der Waals surface area contributed by atoms with Gasteiger partial charge in [-0.1, -0.05) is 19.1 Å². The van der Waals surface area contributed by atoms with Crippen molar-refractivity contribution in [1.82, 2.24) is 6.15 Å². The van der Waals surface area contributed by atoms with Crippen molar-refractivity contribution >= 4 is 0 Å². The SMILES string of the molecule is CCc1cc(C)c(O)c(C)c1.N. The Kier molecular flexibility index (Phi) is 3.77. The molecule has 0 aromatic heterocycles. The van der Waals surface area contributed by atoms with Crippen LogP contribution in [0, 0.1) is 13.8 Å². The molecule has 4 N–H and O–H groups in total. The summed E-state index contributed by atoms with van der Waals surface area (Å²) < 4.78 is 0. The number of aryl methyl sites for hydroxylation is 3. The lowest BCUT2D eigenvalue weighted by molar-refractivity contribution is 0.466. The van der Waals surface area contributed by atoms with Gasteiger partial charge in [0.25, 0.3) is 0 Å². The molecule has 1 rings (SSSR count). The van der Waals surface area contributed by atoms with Crippen molar-refractivity contribution in [3.05, 3.63) is 28.8 Å². The van der Waals surface area contributed by atoms with Gasteiger partial charge in [-0.25, -0.2) is 0 Å². The van der Waals surface area contributed by atoms with Crippen LogP contribution in [0.15, 0.2) is 12.1 Å². The second-order valence-corrected chi connectivity index (χ2v) is 2.93. The molecule has 0 atom stereocenters. The van der Waals surface area contributed by atoms with Crippen LogP contribution in [0.4, 0.5) is 0 Å². The van der Waals surface area contributed by atoms with Crippen LogP contribution >= 0.6 is 0 Å². The fourth-order valence-corrected chi connectivity index (χ4v) is 1.25. The quantitative estimate of drug-likeness (QED) is 0.675. The summed E-state index contributed by atoms with van der Waals surface area (Å²) in [6.45, 7) is 5.98. The molecule has 0 aliphatic rings. The van der Waals surface area contributed by atoms with Crippen LogP contribution in [0.25, 0.3) is 0 Å². The van der Waals surface area contributed by atoms with Gasteiger partial charge in [-0.2, -0.15) is 0 Å². The lowest BCUT2D eigenvalue weighted by atomic mass is 10.0. The van der Waals surface area contributed by atoms with E-state index in [4.69, 9.17) is 0 Å². The van der Waals surface area contributed by atoms with E-state index in [9.17, 15) is 5.11 Å². The second kappa shape index (κ2) is 4.12. The predicted molar refractivity (Wildman–Crippen MR) is 52.0 cm³/mol. The Morgan fingerprint density at radius 1 is 1.17 bits per heavy atom. The summed E-state index contributed by atoms with van der Waals surface area (Å²) in [5.41, 5.74) is 3.24. The minimum absolute atomic E-state index is 0. The Morgan fingerprint density at radius 3 is 1.92 bits per heavy atom. The Labute approximate surface area is 73.8 Å². The van der Waals surface area contributed by atoms with Crippen LogP contribution in [-0.4, -0.2) is 5.11 Å². The van der Waals surface area contributed by atoms with Crippen LogP contribution in [0.3, 0.4) is 0 Å². The van der Waals surface area contributed by atoms with E-state index in [0.717, 1.165) is 17.5 Å². The van der Waals surface area contributed by atoms with E-state index in [1.54, 1.807) is 0 Å². The molecule has 1 aromatic rings. The summed E-state index contributed by atoms with van der Waals surface area (Å²) in [6.07, 6.45) is 1.03. The van der Waals surface area contributed by atoms with Crippen molar-refractivity contribution in [3.63, 3.8) is 0 Å². The highest BCUT2D eigenvalue weighted by Crippen LogP contribution is 2.22. The van der Waals surface area contributed by atoms with Crippen molar-refractivity contribution < 1.29 is 5.11 Å². The highest BCUT2D eigenvalue weighted by molar-refractivity contribution is 5.41. The maximum Gasteiger partial charge on any atom is 0.121 e. The van der Waals surface area contributed by atoms with Crippen molar-refractivity contribution in [1.29, 1.82) is 0 Å². The van der Waals surface area contributed by atoms with Crippen molar-refractivity contribution in [3.8, 4) is 5.75 Å². The lowest BCUT2D eigenvalue weighted by Gasteiger charge is -2.05. The average Bonchev–Trinajstić information content (AvgIpc) is 1.99. The Hall–Kier alpha value is -1.02. The zero-order valence-corrected chi connectivity index (χ0v) is 8.02. The van der Waals surface area contributed by atoms with E-state index in [1.165, 1.54) is 5.56 Å². The molecule has 1 aromatic carbocycles. The Balaban J connectivity index is 0.00000121. The molecule has 0 saturated heterocycles. The maximum atomic E-state index is 9.43. The number of benzene rings is 1. The molecule has 0 heterocycles. The van der Waals surface area contributed by atoms with Crippen LogP contribution in [0.5, 0.6) is 5.75 Å². The molecule has 12 heavy (non-hydrogen) atoms. The first-order valence-electron chi connectivity index (χ1n) is 3.94. The molecular weight excluding hydrogens is 150 g/mol. The smallest absolute Gasteiger partial charge is 0.121 e. The number of rotatable bonds is 1. The van der Waals surface area contributed by atoms with Gasteiger partial charge in [-0.3, -0.25) is 0 Å². The third-order valence-electron chi connectivity index (χ3n) is 1.96. The number of phenols is 1. The zero-order valence-electron chi connectivity index (χ0n) is 8.02. The van der Waals surface area contributed by atoms with Crippen LogP contribution < -0.4 is 6.15 Å². The Bertz CT molecular complexity index is 246. The molecule has 0 fully saturated rings. The topological polar surface area (TPSA) is 55.2 Å². The van der Waals surface area contributed by atoms with Gasteiger partial charge < -0.3 is 11.3 Å². The molecule has 0 amide bonds. The number of hydrogen-bond acceptors (Lipinski definition) is 2. The molecule has 0 saturated carbocycles. The van der Waals surface area contributed by atoms with Crippen LogP contribution in [0.2, 0.25) is 0 Å². The first-order chi connectivity index (χ1) is 5.15. The summed E-state index contributed by atoms with van der Waals surface area (Å²) in [5, 5.41) is 9.43. The molecule has 0 aliphatic carbocycles. The van der Waals surface area contributed by atoms with Crippen molar-refractivity contribution in [2.45, 2.75) is 27.2 Å². The molecule has 0 radical (unpaired) electrons. The van der Waals surface area contributed by atoms with Gasteiger partial charge in [0.1, 0.15) is 5.75 Å². The third-order valence-corrected chi connectivity index (χ3v) is 1.96. The van der Waals surface area contributed by atoms with E-state index < -0.39 is 0 Å². The molecule has 0 bridgehead atoms. The van der Waals surface area contributed by atoms with Gasteiger partial charge in [0.05, 0.1) is 0 Å². The lowest BCUT2D eigenvalue weighted by Crippen LogP contribution is -1.85. The van der Waals surface area contributed by atoms with E-state index in [0.29, 0.717) is 5.75 Å². The maximum absolute atomic E-state index is 9.43. The summed E-state index contributed by atoms with van der Waals surface area (Å²) in [4.78, 5) is 0. The van der Waals surface area contributed by atoms with Crippen molar-refractivity contribution in [2.24, 2.45) is 0 Å². The minimum Gasteiger partial charge on any atom is -0.507 e. The molecule has 0 spiro atoms.